The first-order chi connectivity index (χ1) is 16.7. The van der Waals surface area contributed by atoms with Gasteiger partial charge in [0.15, 0.2) is 6.61 Å². The van der Waals surface area contributed by atoms with Crippen LogP contribution in [-0.2, 0) is 12.5 Å². The molecule has 0 atom stereocenters. The van der Waals surface area contributed by atoms with Gasteiger partial charge in [-0.2, -0.15) is 22.0 Å². The van der Waals surface area contributed by atoms with E-state index in [2.05, 4.69) is 9.97 Å². The standard InChI is InChI=1S/C24H19F6N3O3/c1-22(2,35)24(29,30)19-6-4-14(10-32-19)33-11-17-15(21(33)34)7-8-31-20(17)16-5-3-13(25)9-18(16)36-12-23(26,27)28/h3-10,35H,11-12H2,1-2H3. The van der Waals surface area contributed by atoms with Crippen LogP contribution in [0.5, 0.6) is 5.75 Å². The van der Waals surface area contributed by atoms with Gasteiger partial charge >= 0.3 is 12.1 Å². The number of anilines is 1. The monoisotopic (exact) mass is 511 g/mol. The maximum Gasteiger partial charge on any atom is 0.422 e. The van der Waals surface area contributed by atoms with Gasteiger partial charge in [0.1, 0.15) is 22.9 Å². The van der Waals surface area contributed by atoms with Crippen LogP contribution in [0.15, 0.2) is 48.8 Å². The molecule has 0 saturated carbocycles. The number of aromatic nitrogens is 2. The van der Waals surface area contributed by atoms with E-state index >= 15 is 0 Å². The van der Waals surface area contributed by atoms with E-state index in [4.69, 9.17) is 4.74 Å². The molecule has 1 amide bonds. The number of hydrogen-bond acceptors (Lipinski definition) is 5. The van der Waals surface area contributed by atoms with Gasteiger partial charge in [-0.15, -0.1) is 0 Å². The fraction of sp³-hybridized carbons (Fsp3) is 0.292. The lowest BCUT2D eigenvalue weighted by molar-refractivity contribution is -0.171. The summed E-state index contributed by atoms with van der Waals surface area (Å²) in [6, 6.07) is 6.66. The molecular formula is C24H19F6N3O3. The van der Waals surface area contributed by atoms with Crippen molar-refractivity contribution in [2.45, 2.75) is 38.1 Å². The van der Waals surface area contributed by atoms with E-state index in [0.29, 0.717) is 5.56 Å². The van der Waals surface area contributed by atoms with Gasteiger partial charge in [-0.3, -0.25) is 14.8 Å². The average Bonchev–Trinajstić information content (AvgIpc) is 3.13. The SMILES string of the molecule is CC(C)(O)C(F)(F)c1ccc(N2Cc3c(ccnc3-c3ccc(F)cc3OCC(F)(F)F)C2=O)cn1. The van der Waals surface area contributed by atoms with Crippen LogP contribution in [0.2, 0.25) is 0 Å². The summed E-state index contributed by atoms with van der Waals surface area (Å²) in [5, 5.41) is 9.74. The quantitative estimate of drug-likeness (QED) is 0.458. The van der Waals surface area contributed by atoms with Crippen LogP contribution in [0.1, 0.15) is 35.5 Å². The summed E-state index contributed by atoms with van der Waals surface area (Å²) < 4.78 is 85.5. The Balaban J connectivity index is 1.68. The Hall–Kier alpha value is -3.67. The Bertz CT molecular complexity index is 1300. The zero-order chi connectivity index (χ0) is 26.5. The molecule has 0 bridgehead atoms. The molecule has 1 aromatic carbocycles. The first-order valence-corrected chi connectivity index (χ1v) is 10.5. The second kappa shape index (κ2) is 8.77. The third-order valence-electron chi connectivity index (χ3n) is 5.59. The van der Waals surface area contributed by atoms with E-state index in [0.717, 1.165) is 38.2 Å². The maximum atomic E-state index is 14.4. The molecule has 12 heteroatoms. The summed E-state index contributed by atoms with van der Waals surface area (Å²) in [5.41, 5.74) is -2.23. The van der Waals surface area contributed by atoms with Crippen LogP contribution in [-0.4, -0.2) is 39.4 Å². The molecule has 0 saturated heterocycles. The number of amides is 1. The van der Waals surface area contributed by atoms with E-state index < -0.39 is 47.5 Å². The molecule has 0 aliphatic carbocycles. The number of fused-ring (bicyclic) bond motifs is 1. The van der Waals surface area contributed by atoms with E-state index in [1.54, 1.807) is 0 Å². The molecule has 0 fully saturated rings. The van der Waals surface area contributed by atoms with Crippen molar-refractivity contribution in [3.8, 4) is 17.0 Å². The predicted molar refractivity (Wildman–Crippen MR) is 116 cm³/mol. The zero-order valence-corrected chi connectivity index (χ0v) is 18.9. The number of carbonyl (C=O) groups excluding carboxylic acids is 1. The summed E-state index contributed by atoms with van der Waals surface area (Å²) in [6.45, 7) is 0.132. The first kappa shape index (κ1) is 25.4. The Morgan fingerprint density at radius 2 is 1.75 bits per heavy atom. The summed E-state index contributed by atoms with van der Waals surface area (Å²) in [4.78, 5) is 22.2. The lowest BCUT2D eigenvalue weighted by atomic mass is 9.97. The van der Waals surface area contributed by atoms with Crippen molar-refractivity contribution in [3.63, 3.8) is 0 Å². The number of ether oxygens (including phenoxy) is 1. The van der Waals surface area contributed by atoms with Crippen LogP contribution in [0.25, 0.3) is 11.3 Å². The summed E-state index contributed by atoms with van der Waals surface area (Å²) in [7, 11) is 0. The zero-order valence-electron chi connectivity index (χ0n) is 18.9. The lowest BCUT2D eigenvalue weighted by Gasteiger charge is -2.28. The van der Waals surface area contributed by atoms with Gasteiger partial charge in [-0.05, 0) is 44.2 Å². The molecule has 3 aromatic rings. The van der Waals surface area contributed by atoms with Crippen molar-refractivity contribution >= 4 is 11.6 Å². The molecule has 6 nitrogen and oxygen atoms in total. The van der Waals surface area contributed by atoms with Gasteiger partial charge in [0.2, 0.25) is 0 Å². The largest absolute Gasteiger partial charge is 0.483 e. The van der Waals surface area contributed by atoms with Crippen LogP contribution >= 0.6 is 0 Å². The minimum Gasteiger partial charge on any atom is -0.483 e. The summed E-state index contributed by atoms with van der Waals surface area (Å²) >= 11 is 0. The number of aliphatic hydroxyl groups is 1. The van der Waals surface area contributed by atoms with Crippen LogP contribution < -0.4 is 9.64 Å². The molecule has 0 radical (unpaired) electrons. The molecule has 3 heterocycles. The highest BCUT2D eigenvalue weighted by atomic mass is 19.4. The van der Waals surface area contributed by atoms with E-state index in [9.17, 15) is 36.2 Å². The van der Waals surface area contributed by atoms with Gasteiger partial charge in [-0.1, -0.05) is 0 Å². The third kappa shape index (κ3) is 4.72. The third-order valence-corrected chi connectivity index (χ3v) is 5.59. The van der Waals surface area contributed by atoms with E-state index in [1.165, 1.54) is 29.3 Å². The van der Waals surface area contributed by atoms with Crippen molar-refractivity contribution in [1.82, 2.24) is 9.97 Å². The Labute approximate surface area is 201 Å². The summed E-state index contributed by atoms with van der Waals surface area (Å²) in [6.07, 6.45) is -2.33. The molecule has 2 aromatic heterocycles. The predicted octanol–water partition coefficient (Wildman–Crippen LogP) is 5.25. The minimum atomic E-state index is -4.66. The second-order valence-corrected chi connectivity index (χ2v) is 8.66. The van der Waals surface area contributed by atoms with Crippen molar-refractivity contribution in [2.24, 2.45) is 0 Å². The highest BCUT2D eigenvalue weighted by Gasteiger charge is 2.48. The van der Waals surface area contributed by atoms with Crippen molar-refractivity contribution in [1.29, 1.82) is 0 Å². The number of benzene rings is 1. The molecule has 0 spiro atoms. The number of carbonyl (C=O) groups is 1. The average molecular weight is 511 g/mol. The smallest absolute Gasteiger partial charge is 0.422 e. The van der Waals surface area contributed by atoms with Crippen LogP contribution in [0.4, 0.5) is 32.0 Å². The van der Waals surface area contributed by atoms with Crippen LogP contribution in [0.3, 0.4) is 0 Å². The van der Waals surface area contributed by atoms with Crippen molar-refractivity contribution < 1.29 is 41.0 Å². The van der Waals surface area contributed by atoms with Gasteiger partial charge in [0.05, 0.1) is 24.1 Å². The summed E-state index contributed by atoms with van der Waals surface area (Å²) in [5.74, 6) is -5.40. The minimum absolute atomic E-state index is 0.0467. The number of alkyl halides is 5. The topological polar surface area (TPSA) is 75.6 Å². The first-order valence-electron chi connectivity index (χ1n) is 10.5. The van der Waals surface area contributed by atoms with Crippen LogP contribution in [0, 0.1) is 5.82 Å². The van der Waals surface area contributed by atoms with Gasteiger partial charge in [-0.25, -0.2) is 4.39 Å². The maximum absolute atomic E-state index is 14.4. The Morgan fingerprint density at radius 1 is 1.03 bits per heavy atom. The molecule has 0 unspecified atom stereocenters. The molecule has 1 aliphatic rings. The van der Waals surface area contributed by atoms with Crippen molar-refractivity contribution in [2.75, 3.05) is 11.5 Å². The number of hydrogen-bond donors (Lipinski definition) is 1. The Kier molecular flexibility index (Phi) is 6.19. The number of nitrogens with zero attached hydrogens (tertiary/aromatic N) is 3. The molecule has 190 valence electrons. The number of rotatable bonds is 6. The highest BCUT2D eigenvalue weighted by Crippen LogP contribution is 2.40. The van der Waals surface area contributed by atoms with E-state index in [1.807, 2.05) is 0 Å². The fourth-order valence-corrected chi connectivity index (χ4v) is 3.68. The fourth-order valence-electron chi connectivity index (χ4n) is 3.68. The lowest BCUT2D eigenvalue weighted by Crippen LogP contribution is -2.40. The van der Waals surface area contributed by atoms with Gasteiger partial charge in [0.25, 0.3) is 5.91 Å². The van der Waals surface area contributed by atoms with E-state index in [-0.39, 0.29) is 29.1 Å². The Morgan fingerprint density at radius 3 is 2.36 bits per heavy atom. The van der Waals surface area contributed by atoms with Gasteiger partial charge < -0.3 is 14.7 Å². The molecule has 1 aliphatic heterocycles. The second-order valence-electron chi connectivity index (χ2n) is 8.66. The normalized spacial score (nSPS) is 14.2. The number of pyridine rings is 2. The molecule has 36 heavy (non-hydrogen) atoms. The van der Waals surface area contributed by atoms with Crippen molar-refractivity contribution in [3.05, 3.63) is 71.4 Å². The molecule has 4 rings (SSSR count). The highest BCUT2D eigenvalue weighted by molar-refractivity contribution is 6.11. The molecular weight excluding hydrogens is 492 g/mol. The molecule has 1 N–H and O–H groups in total. The number of halogens is 6. The van der Waals surface area contributed by atoms with Gasteiger partial charge in [0, 0.05) is 29.0 Å².